The van der Waals surface area contributed by atoms with Gasteiger partial charge in [0.1, 0.15) is 5.82 Å². The van der Waals surface area contributed by atoms with Crippen LogP contribution in [-0.2, 0) is 11.2 Å². The lowest BCUT2D eigenvalue weighted by Crippen LogP contribution is -2.55. The van der Waals surface area contributed by atoms with Crippen LogP contribution in [0.1, 0.15) is 54.4 Å². The monoisotopic (exact) mass is 597 g/mol. The highest BCUT2D eigenvalue weighted by atomic mass is 79.9. The number of carbonyl (C=O) groups excluding carboxylic acids is 1. The highest BCUT2D eigenvalue weighted by Gasteiger charge is 2.48. The summed E-state index contributed by atoms with van der Waals surface area (Å²) in [6.07, 6.45) is 3.97. The molecule has 3 atom stereocenters. The Bertz CT molecular complexity index is 1310. The summed E-state index contributed by atoms with van der Waals surface area (Å²) in [5, 5.41) is 16.7. The molecule has 1 fully saturated rings. The standard InChI is InChI=1S/C32H34BrClFNO2/c1-3-5-30(37)29(19-24-18-26(33)11-8-21(24)2)31(23-9-12-27(34)13-10-23)32(38)14-15-36-20-25(32)16-22-6-4-7-28(35)17-22/h4,6-13,17-19,25,31,36,38H,3,5,14-16,20H2,1-2H3. The van der Waals surface area contributed by atoms with Crippen molar-refractivity contribution in [2.75, 3.05) is 13.1 Å². The molecule has 0 radical (unpaired) electrons. The molecule has 0 bridgehead atoms. The normalized spacial score (nSPS) is 20.8. The molecule has 0 amide bonds. The number of piperidine rings is 1. The smallest absolute Gasteiger partial charge is 0.159 e. The molecule has 3 aromatic carbocycles. The second kappa shape index (κ2) is 12.7. The van der Waals surface area contributed by atoms with E-state index in [2.05, 4.69) is 21.2 Å². The first-order valence-corrected chi connectivity index (χ1v) is 14.3. The second-order valence-electron chi connectivity index (χ2n) is 10.2. The molecule has 1 aliphatic rings. The van der Waals surface area contributed by atoms with Crippen molar-refractivity contribution in [3.63, 3.8) is 0 Å². The predicted molar refractivity (Wildman–Crippen MR) is 157 cm³/mol. The van der Waals surface area contributed by atoms with Crippen molar-refractivity contribution in [1.29, 1.82) is 0 Å². The van der Waals surface area contributed by atoms with E-state index in [0.717, 1.165) is 26.7 Å². The molecule has 6 heteroatoms. The van der Waals surface area contributed by atoms with Crippen LogP contribution < -0.4 is 5.32 Å². The number of carbonyl (C=O) groups is 1. The molecule has 3 nitrogen and oxygen atoms in total. The van der Waals surface area contributed by atoms with Gasteiger partial charge < -0.3 is 10.4 Å². The third-order valence-corrected chi connectivity index (χ3v) is 8.28. The SMILES string of the molecule is CCCC(=O)C(=Cc1cc(Br)ccc1C)C(c1ccc(Cl)cc1)C1(O)CCNCC1Cc1cccc(F)c1. The third-order valence-electron chi connectivity index (χ3n) is 7.54. The van der Waals surface area contributed by atoms with E-state index in [4.69, 9.17) is 11.6 Å². The molecule has 200 valence electrons. The highest BCUT2D eigenvalue weighted by Crippen LogP contribution is 2.46. The fourth-order valence-electron chi connectivity index (χ4n) is 5.55. The van der Waals surface area contributed by atoms with Crippen LogP contribution in [0.5, 0.6) is 0 Å². The Balaban J connectivity index is 1.90. The Morgan fingerprint density at radius 1 is 1.21 bits per heavy atom. The van der Waals surface area contributed by atoms with Crippen molar-refractivity contribution < 1.29 is 14.3 Å². The van der Waals surface area contributed by atoms with Crippen LogP contribution in [-0.4, -0.2) is 29.6 Å². The number of ketones is 1. The summed E-state index contributed by atoms with van der Waals surface area (Å²) < 4.78 is 15.0. The lowest BCUT2D eigenvalue weighted by Gasteiger charge is -2.47. The van der Waals surface area contributed by atoms with Gasteiger partial charge in [0.2, 0.25) is 0 Å². The van der Waals surface area contributed by atoms with Crippen LogP contribution in [0, 0.1) is 18.7 Å². The highest BCUT2D eigenvalue weighted by molar-refractivity contribution is 9.10. The summed E-state index contributed by atoms with van der Waals surface area (Å²) in [4.78, 5) is 13.8. The fraction of sp³-hybridized carbons (Fsp3) is 0.344. The van der Waals surface area contributed by atoms with Gasteiger partial charge >= 0.3 is 0 Å². The number of aryl methyl sites for hydroxylation is 1. The first kappa shape index (κ1) is 28.7. The van der Waals surface area contributed by atoms with Gasteiger partial charge in [-0.2, -0.15) is 0 Å². The Hall–Kier alpha value is -2.31. The van der Waals surface area contributed by atoms with Crippen LogP contribution in [0.25, 0.3) is 6.08 Å². The number of nitrogens with one attached hydrogen (secondary N) is 1. The summed E-state index contributed by atoms with van der Waals surface area (Å²) in [5.74, 6) is -1.12. The predicted octanol–water partition coefficient (Wildman–Crippen LogP) is 7.67. The third kappa shape index (κ3) is 6.63. The first-order chi connectivity index (χ1) is 18.2. The fourth-order valence-corrected chi connectivity index (χ4v) is 6.05. The largest absolute Gasteiger partial charge is 0.388 e. The number of halogens is 3. The first-order valence-electron chi connectivity index (χ1n) is 13.1. The van der Waals surface area contributed by atoms with Crippen molar-refractivity contribution in [3.05, 3.63) is 110 Å². The van der Waals surface area contributed by atoms with Gasteiger partial charge in [-0.15, -0.1) is 0 Å². The zero-order chi connectivity index (χ0) is 27.3. The molecule has 3 aromatic rings. The molecule has 0 aliphatic carbocycles. The minimum atomic E-state index is -1.25. The molecular formula is C32H34BrClFNO2. The Morgan fingerprint density at radius 3 is 2.68 bits per heavy atom. The van der Waals surface area contributed by atoms with Crippen molar-refractivity contribution in [2.45, 2.75) is 51.0 Å². The quantitative estimate of drug-likeness (QED) is 0.249. The lowest BCUT2D eigenvalue weighted by atomic mass is 9.64. The number of Topliss-reactive ketones (excluding diaryl/α,β-unsaturated/α-hetero) is 1. The van der Waals surface area contributed by atoms with Gasteiger partial charge in [0.05, 0.1) is 5.60 Å². The lowest BCUT2D eigenvalue weighted by molar-refractivity contribution is -0.117. The summed E-state index contributed by atoms with van der Waals surface area (Å²) in [6.45, 7) is 5.18. The zero-order valence-electron chi connectivity index (χ0n) is 21.8. The molecular weight excluding hydrogens is 565 g/mol. The molecule has 0 spiro atoms. The van der Waals surface area contributed by atoms with Gasteiger partial charge in [0.25, 0.3) is 0 Å². The van der Waals surface area contributed by atoms with E-state index in [-0.39, 0.29) is 17.5 Å². The summed E-state index contributed by atoms with van der Waals surface area (Å²) in [5.41, 5.74) is 2.96. The van der Waals surface area contributed by atoms with E-state index in [1.807, 2.05) is 68.5 Å². The van der Waals surface area contributed by atoms with Crippen molar-refractivity contribution in [3.8, 4) is 0 Å². The molecule has 0 saturated carbocycles. The summed E-state index contributed by atoms with van der Waals surface area (Å²) in [6, 6.07) is 20.0. The van der Waals surface area contributed by atoms with Crippen molar-refractivity contribution >= 4 is 39.4 Å². The number of rotatable bonds is 9. The Morgan fingerprint density at radius 2 is 1.97 bits per heavy atom. The molecule has 2 N–H and O–H groups in total. The maximum atomic E-state index is 14.1. The van der Waals surface area contributed by atoms with Gasteiger partial charge in [0, 0.05) is 39.9 Å². The number of hydrogen-bond acceptors (Lipinski definition) is 3. The van der Waals surface area contributed by atoms with Gasteiger partial charge in [-0.3, -0.25) is 4.79 Å². The van der Waals surface area contributed by atoms with Crippen LogP contribution >= 0.6 is 27.5 Å². The van der Waals surface area contributed by atoms with E-state index >= 15 is 0 Å². The van der Waals surface area contributed by atoms with Crippen LogP contribution in [0.2, 0.25) is 5.02 Å². The Labute approximate surface area is 238 Å². The van der Waals surface area contributed by atoms with Crippen molar-refractivity contribution in [2.24, 2.45) is 5.92 Å². The number of hydrogen-bond donors (Lipinski definition) is 2. The molecule has 38 heavy (non-hydrogen) atoms. The maximum absolute atomic E-state index is 14.1. The maximum Gasteiger partial charge on any atom is 0.159 e. The molecule has 4 rings (SSSR count). The average Bonchev–Trinajstić information content (AvgIpc) is 2.88. The van der Waals surface area contributed by atoms with E-state index in [9.17, 15) is 14.3 Å². The van der Waals surface area contributed by atoms with Gasteiger partial charge in [0.15, 0.2) is 5.78 Å². The molecule has 1 saturated heterocycles. The van der Waals surface area contributed by atoms with E-state index < -0.39 is 11.5 Å². The summed E-state index contributed by atoms with van der Waals surface area (Å²) >= 11 is 9.82. The number of benzene rings is 3. The van der Waals surface area contributed by atoms with E-state index in [1.54, 1.807) is 6.07 Å². The van der Waals surface area contributed by atoms with E-state index in [0.29, 0.717) is 49.4 Å². The number of aliphatic hydroxyl groups is 1. The molecule has 3 unspecified atom stereocenters. The zero-order valence-corrected chi connectivity index (χ0v) is 24.2. The van der Waals surface area contributed by atoms with Crippen molar-refractivity contribution in [1.82, 2.24) is 5.32 Å². The average molecular weight is 599 g/mol. The second-order valence-corrected chi connectivity index (χ2v) is 11.6. The molecule has 1 aliphatic heterocycles. The Kier molecular flexibility index (Phi) is 9.59. The molecule has 1 heterocycles. The van der Waals surface area contributed by atoms with Gasteiger partial charge in [-0.1, -0.05) is 64.8 Å². The minimum absolute atomic E-state index is 0.0169. The topological polar surface area (TPSA) is 49.3 Å². The van der Waals surface area contributed by atoms with Gasteiger partial charge in [-0.05, 0) is 97.5 Å². The van der Waals surface area contributed by atoms with Crippen LogP contribution in [0.3, 0.4) is 0 Å². The minimum Gasteiger partial charge on any atom is -0.388 e. The molecule has 0 aromatic heterocycles. The van der Waals surface area contributed by atoms with Crippen LogP contribution in [0.15, 0.2) is 76.8 Å². The van der Waals surface area contributed by atoms with E-state index in [1.165, 1.54) is 12.1 Å². The van der Waals surface area contributed by atoms with Crippen LogP contribution in [0.4, 0.5) is 4.39 Å². The van der Waals surface area contributed by atoms with Gasteiger partial charge in [-0.25, -0.2) is 4.39 Å². The summed E-state index contributed by atoms with van der Waals surface area (Å²) in [7, 11) is 0.